The number of hydrogen-bond acceptors (Lipinski definition) is 3. The van der Waals surface area contributed by atoms with Crippen molar-refractivity contribution >= 4 is 29.9 Å². The van der Waals surface area contributed by atoms with Crippen molar-refractivity contribution in [3.63, 3.8) is 0 Å². The molecular weight excluding hydrogens is 434 g/mol. The Hall–Kier alpha value is -1.61. The van der Waals surface area contributed by atoms with Crippen LogP contribution in [0.3, 0.4) is 0 Å². The van der Waals surface area contributed by atoms with Gasteiger partial charge in [0.1, 0.15) is 11.6 Å². The molecule has 25 heavy (non-hydrogen) atoms. The summed E-state index contributed by atoms with van der Waals surface area (Å²) < 4.78 is 18.8. The topological polar surface area (TPSA) is 44.0 Å². The van der Waals surface area contributed by atoms with Crippen molar-refractivity contribution in [2.24, 2.45) is 4.99 Å². The highest BCUT2D eigenvalue weighted by Crippen LogP contribution is 2.17. The van der Waals surface area contributed by atoms with Gasteiger partial charge in [-0.1, -0.05) is 12.1 Å². The van der Waals surface area contributed by atoms with E-state index in [1.807, 2.05) is 44.2 Å². The lowest BCUT2D eigenvalue weighted by atomic mass is 10.2. The van der Waals surface area contributed by atoms with E-state index < -0.39 is 0 Å². The maximum Gasteiger partial charge on any atom is 0.193 e. The molecule has 1 aromatic carbocycles. The van der Waals surface area contributed by atoms with Crippen molar-refractivity contribution in [2.75, 3.05) is 34.7 Å². The molecular formula is C18H26FIN4O. The zero-order valence-electron chi connectivity index (χ0n) is 15.1. The molecule has 0 aliphatic carbocycles. The molecule has 1 unspecified atom stereocenters. The largest absolute Gasteiger partial charge is 0.468 e. The van der Waals surface area contributed by atoms with Gasteiger partial charge in [-0.3, -0.25) is 9.89 Å². The third-order valence-electron chi connectivity index (χ3n) is 3.83. The Labute approximate surface area is 165 Å². The van der Waals surface area contributed by atoms with Crippen LogP contribution in [0.2, 0.25) is 0 Å². The molecule has 1 heterocycles. The Balaban J connectivity index is 0.00000312. The van der Waals surface area contributed by atoms with Crippen LogP contribution in [0.15, 0.2) is 52.1 Å². The van der Waals surface area contributed by atoms with E-state index in [-0.39, 0.29) is 35.8 Å². The normalized spacial score (nSPS) is 12.6. The number of nitrogens with one attached hydrogen (secondary N) is 1. The predicted octanol–water partition coefficient (Wildman–Crippen LogP) is 3.35. The first-order chi connectivity index (χ1) is 11.5. The van der Waals surface area contributed by atoms with Crippen LogP contribution in [0.25, 0.3) is 0 Å². The fraction of sp³-hybridized carbons (Fsp3) is 0.389. The maximum absolute atomic E-state index is 13.3. The van der Waals surface area contributed by atoms with Gasteiger partial charge in [-0.25, -0.2) is 4.39 Å². The van der Waals surface area contributed by atoms with Gasteiger partial charge in [0, 0.05) is 27.2 Å². The Morgan fingerprint density at radius 3 is 2.56 bits per heavy atom. The molecule has 0 saturated heterocycles. The van der Waals surface area contributed by atoms with Crippen molar-refractivity contribution in [3.8, 4) is 0 Å². The fourth-order valence-corrected chi connectivity index (χ4v) is 2.58. The molecule has 1 aromatic heterocycles. The first kappa shape index (κ1) is 21.4. The lowest BCUT2D eigenvalue weighted by molar-refractivity contribution is 0.256. The SMILES string of the molecule is CN=C(NCC(c1ccco1)N(C)C)N(C)Cc1cccc(F)c1.I. The summed E-state index contributed by atoms with van der Waals surface area (Å²) >= 11 is 0. The quantitative estimate of drug-likeness (QED) is 0.408. The summed E-state index contributed by atoms with van der Waals surface area (Å²) in [5, 5.41) is 3.35. The fourth-order valence-electron chi connectivity index (χ4n) is 2.58. The molecule has 0 fully saturated rings. The molecule has 0 spiro atoms. The third kappa shape index (κ3) is 6.32. The average molecular weight is 460 g/mol. The van der Waals surface area contributed by atoms with Gasteiger partial charge in [0.15, 0.2) is 5.96 Å². The first-order valence-electron chi connectivity index (χ1n) is 7.87. The molecule has 0 bridgehead atoms. The molecule has 0 radical (unpaired) electrons. The van der Waals surface area contributed by atoms with Gasteiger partial charge in [-0.2, -0.15) is 0 Å². The number of likely N-dealkylation sites (N-methyl/N-ethyl adjacent to an activating group) is 1. The van der Waals surface area contributed by atoms with E-state index in [1.54, 1.807) is 19.4 Å². The zero-order valence-corrected chi connectivity index (χ0v) is 17.4. The molecule has 2 rings (SSSR count). The zero-order chi connectivity index (χ0) is 17.5. The van der Waals surface area contributed by atoms with Crippen LogP contribution in [0.5, 0.6) is 0 Å². The lowest BCUT2D eigenvalue weighted by Gasteiger charge is -2.27. The second-order valence-corrected chi connectivity index (χ2v) is 5.91. The summed E-state index contributed by atoms with van der Waals surface area (Å²) in [4.78, 5) is 8.36. The Morgan fingerprint density at radius 2 is 2.00 bits per heavy atom. The van der Waals surface area contributed by atoms with E-state index in [0.717, 1.165) is 17.3 Å². The molecule has 1 N–H and O–H groups in total. The Kier molecular flexibility index (Phi) is 8.91. The number of nitrogens with zero attached hydrogens (tertiary/aromatic N) is 3. The highest BCUT2D eigenvalue weighted by Gasteiger charge is 2.18. The number of guanidine groups is 1. The smallest absolute Gasteiger partial charge is 0.193 e. The summed E-state index contributed by atoms with van der Waals surface area (Å²) in [6, 6.07) is 10.5. The van der Waals surface area contributed by atoms with E-state index in [0.29, 0.717) is 13.1 Å². The Morgan fingerprint density at radius 1 is 1.24 bits per heavy atom. The number of benzene rings is 1. The molecule has 138 valence electrons. The number of hydrogen-bond donors (Lipinski definition) is 1. The molecule has 0 amide bonds. The number of furan rings is 1. The molecule has 0 saturated carbocycles. The molecule has 5 nitrogen and oxygen atoms in total. The number of halogens is 2. The summed E-state index contributed by atoms with van der Waals surface area (Å²) in [6.45, 7) is 1.23. The van der Waals surface area contributed by atoms with Gasteiger partial charge >= 0.3 is 0 Å². The van der Waals surface area contributed by atoms with Crippen LogP contribution >= 0.6 is 24.0 Å². The van der Waals surface area contributed by atoms with Crippen LogP contribution < -0.4 is 5.32 Å². The highest BCUT2D eigenvalue weighted by molar-refractivity contribution is 14.0. The van der Waals surface area contributed by atoms with Gasteiger partial charge in [-0.05, 0) is 43.9 Å². The van der Waals surface area contributed by atoms with Gasteiger partial charge in [0.25, 0.3) is 0 Å². The van der Waals surface area contributed by atoms with Crippen molar-refractivity contribution in [1.29, 1.82) is 0 Å². The van der Waals surface area contributed by atoms with E-state index >= 15 is 0 Å². The maximum atomic E-state index is 13.3. The second-order valence-electron chi connectivity index (χ2n) is 5.91. The standard InChI is InChI=1S/C18H25FN4O.HI/c1-20-18(23(4)13-14-7-5-8-15(19)11-14)21-12-16(22(2)3)17-9-6-10-24-17;/h5-11,16H,12-13H2,1-4H3,(H,20,21);1H. The molecule has 1 atom stereocenters. The summed E-state index contributed by atoms with van der Waals surface area (Å²) in [7, 11) is 7.68. The van der Waals surface area contributed by atoms with E-state index in [1.165, 1.54) is 12.1 Å². The van der Waals surface area contributed by atoms with Crippen LogP contribution in [-0.4, -0.2) is 50.5 Å². The first-order valence-corrected chi connectivity index (χ1v) is 7.87. The predicted molar refractivity (Wildman–Crippen MR) is 110 cm³/mol. The van der Waals surface area contributed by atoms with Crippen molar-refractivity contribution < 1.29 is 8.81 Å². The second kappa shape index (κ2) is 10.4. The van der Waals surface area contributed by atoms with Gasteiger partial charge in [-0.15, -0.1) is 24.0 Å². The van der Waals surface area contributed by atoms with Gasteiger partial charge in [0.05, 0.1) is 12.3 Å². The lowest BCUT2D eigenvalue weighted by Crippen LogP contribution is -2.42. The summed E-state index contributed by atoms with van der Waals surface area (Å²) in [6.07, 6.45) is 1.68. The van der Waals surface area contributed by atoms with Crippen molar-refractivity contribution in [3.05, 3.63) is 59.8 Å². The number of aliphatic imine (C=N–C) groups is 1. The van der Waals surface area contributed by atoms with Crippen LogP contribution in [0.4, 0.5) is 4.39 Å². The van der Waals surface area contributed by atoms with E-state index in [4.69, 9.17) is 4.42 Å². The Bertz CT molecular complexity index is 661. The van der Waals surface area contributed by atoms with Gasteiger partial charge in [0.2, 0.25) is 0 Å². The minimum absolute atomic E-state index is 0. The minimum atomic E-state index is -0.227. The number of rotatable bonds is 6. The summed E-state index contributed by atoms with van der Waals surface area (Å²) in [5.74, 6) is 1.42. The minimum Gasteiger partial charge on any atom is -0.468 e. The van der Waals surface area contributed by atoms with Gasteiger partial charge < -0.3 is 14.6 Å². The van der Waals surface area contributed by atoms with Crippen LogP contribution in [0, 0.1) is 5.82 Å². The van der Waals surface area contributed by atoms with Crippen molar-refractivity contribution in [1.82, 2.24) is 15.1 Å². The highest BCUT2D eigenvalue weighted by atomic mass is 127. The van der Waals surface area contributed by atoms with E-state index in [9.17, 15) is 4.39 Å². The monoisotopic (exact) mass is 460 g/mol. The average Bonchev–Trinajstić information content (AvgIpc) is 3.05. The molecule has 2 aromatic rings. The molecule has 0 aliphatic heterocycles. The van der Waals surface area contributed by atoms with Crippen LogP contribution in [-0.2, 0) is 6.54 Å². The van der Waals surface area contributed by atoms with Crippen molar-refractivity contribution in [2.45, 2.75) is 12.6 Å². The summed E-state index contributed by atoms with van der Waals surface area (Å²) in [5.41, 5.74) is 0.899. The third-order valence-corrected chi connectivity index (χ3v) is 3.83. The van der Waals surface area contributed by atoms with E-state index in [2.05, 4.69) is 15.2 Å². The molecule has 7 heteroatoms. The van der Waals surface area contributed by atoms with Crippen LogP contribution in [0.1, 0.15) is 17.4 Å². The molecule has 0 aliphatic rings.